The lowest BCUT2D eigenvalue weighted by Crippen LogP contribution is -2.26. The Morgan fingerprint density at radius 3 is 2.73 bits per heavy atom. The Balaban J connectivity index is 1.79. The summed E-state index contributed by atoms with van der Waals surface area (Å²) in [4.78, 5) is 13.5. The molecule has 0 spiro atoms. The summed E-state index contributed by atoms with van der Waals surface area (Å²) >= 11 is 0. The highest BCUT2D eigenvalue weighted by molar-refractivity contribution is 5.85. The lowest BCUT2D eigenvalue weighted by atomic mass is 9.98. The molecule has 0 radical (unpaired) electrons. The first-order valence-electron chi connectivity index (χ1n) is 9.14. The van der Waals surface area contributed by atoms with Crippen molar-refractivity contribution in [1.29, 1.82) is 0 Å². The zero-order valence-electron chi connectivity index (χ0n) is 16.3. The maximum Gasteiger partial charge on any atom is 0.0957 e. The molecule has 0 atom stereocenters. The van der Waals surface area contributed by atoms with Gasteiger partial charge >= 0.3 is 0 Å². The minimum Gasteiger partial charge on any atom is -0.377 e. The van der Waals surface area contributed by atoms with Crippen LogP contribution >= 0.6 is 0 Å². The number of nitrogens with zero attached hydrogens (tertiary/aromatic N) is 4. The van der Waals surface area contributed by atoms with Crippen LogP contribution in [-0.4, -0.2) is 38.1 Å². The fourth-order valence-electron chi connectivity index (χ4n) is 3.38. The van der Waals surface area contributed by atoms with Gasteiger partial charge in [-0.25, -0.2) is 4.99 Å². The molecule has 2 aliphatic heterocycles. The molecule has 136 valence electrons. The van der Waals surface area contributed by atoms with E-state index in [2.05, 4.69) is 73.6 Å². The highest BCUT2D eigenvalue weighted by Crippen LogP contribution is 2.34. The summed E-state index contributed by atoms with van der Waals surface area (Å²) < 4.78 is 0. The summed E-state index contributed by atoms with van der Waals surface area (Å²) in [6.45, 7) is 9.38. The van der Waals surface area contributed by atoms with Crippen LogP contribution in [0.15, 0.2) is 57.8 Å². The van der Waals surface area contributed by atoms with Crippen LogP contribution in [0.2, 0.25) is 0 Å². The Bertz CT molecular complexity index is 825. The normalized spacial score (nSPS) is 18.2. The molecule has 1 aromatic rings. The van der Waals surface area contributed by atoms with Crippen molar-refractivity contribution in [1.82, 2.24) is 4.90 Å². The van der Waals surface area contributed by atoms with Crippen LogP contribution in [0, 0.1) is 6.92 Å². The quantitative estimate of drug-likeness (QED) is 0.766. The van der Waals surface area contributed by atoms with E-state index in [0.29, 0.717) is 0 Å². The predicted octanol–water partition coefficient (Wildman–Crippen LogP) is 4.79. The number of allylic oxidation sites excluding steroid dienone is 2. The Morgan fingerprint density at radius 2 is 2.08 bits per heavy atom. The first-order valence-corrected chi connectivity index (χ1v) is 9.14. The lowest BCUT2D eigenvalue weighted by molar-refractivity contribution is 0.554. The van der Waals surface area contributed by atoms with E-state index in [1.807, 2.05) is 12.6 Å². The molecule has 0 saturated heterocycles. The van der Waals surface area contributed by atoms with Gasteiger partial charge in [-0.3, -0.25) is 4.99 Å². The van der Waals surface area contributed by atoms with Gasteiger partial charge in [-0.1, -0.05) is 24.8 Å². The first kappa shape index (κ1) is 18.2. The van der Waals surface area contributed by atoms with Gasteiger partial charge in [0.2, 0.25) is 0 Å². The second-order valence-corrected chi connectivity index (χ2v) is 7.18. The molecule has 3 rings (SSSR count). The number of anilines is 1. The third kappa shape index (κ3) is 3.79. The Labute approximate surface area is 157 Å². The number of benzene rings is 1. The highest BCUT2D eigenvalue weighted by Gasteiger charge is 2.19. The van der Waals surface area contributed by atoms with E-state index in [4.69, 9.17) is 4.99 Å². The van der Waals surface area contributed by atoms with Gasteiger partial charge in [-0.15, -0.1) is 0 Å². The predicted molar refractivity (Wildman–Crippen MR) is 113 cm³/mol. The monoisotopic (exact) mass is 348 g/mol. The van der Waals surface area contributed by atoms with E-state index in [0.717, 1.165) is 37.2 Å². The van der Waals surface area contributed by atoms with Crippen molar-refractivity contribution in [2.75, 3.05) is 25.5 Å². The molecule has 4 heteroatoms. The van der Waals surface area contributed by atoms with Crippen molar-refractivity contribution in [2.45, 2.75) is 33.1 Å². The van der Waals surface area contributed by atoms with Crippen molar-refractivity contribution in [2.24, 2.45) is 9.98 Å². The summed E-state index contributed by atoms with van der Waals surface area (Å²) in [6, 6.07) is 6.40. The molecular weight excluding hydrogens is 320 g/mol. The van der Waals surface area contributed by atoms with Crippen molar-refractivity contribution in [3.05, 3.63) is 58.9 Å². The van der Waals surface area contributed by atoms with Crippen molar-refractivity contribution < 1.29 is 0 Å². The summed E-state index contributed by atoms with van der Waals surface area (Å²) in [5, 5.41) is 0. The molecule has 0 bridgehead atoms. The third-order valence-electron chi connectivity index (χ3n) is 4.87. The summed E-state index contributed by atoms with van der Waals surface area (Å²) in [5.41, 5.74) is 8.24. The molecule has 2 aliphatic rings. The average Bonchev–Trinajstić information content (AvgIpc) is 3.13. The average molecular weight is 348 g/mol. The Morgan fingerprint density at radius 1 is 1.27 bits per heavy atom. The van der Waals surface area contributed by atoms with Crippen molar-refractivity contribution >= 4 is 23.9 Å². The van der Waals surface area contributed by atoms with Crippen LogP contribution in [0.1, 0.15) is 37.3 Å². The molecule has 1 aromatic carbocycles. The maximum absolute atomic E-state index is 4.81. The van der Waals surface area contributed by atoms with Gasteiger partial charge in [0.05, 0.1) is 12.0 Å². The SMILES string of the molecule is C=C(C/C=C1\CCC=N1)N1C=NC(c2c(C)cccc2N(C)C)=C(C)C1. The zero-order chi connectivity index (χ0) is 18.7. The zero-order valence-corrected chi connectivity index (χ0v) is 16.3. The molecule has 4 nitrogen and oxygen atoms in total. The number of rotatable bonds is 5. The first-order chi connectivity index (χ1) is 12.5. The van der Waals surface area contributed by atoms with Crippen molar-refractivity contribution in [3.63, 3.8) is 0 Å². The van der Waals surface area contributed by atoms with Gasteiger partial charge in [0.1, 0.15) is 0 Å². The molecular formula is C22H28N4. The Kier molecular flexibility index (Phi) is 5.40. The minimum absolute atomic E-state index is 0.814. The van der Waals surface area contributed by atoms with E-state index in [-0.39, 0.29) is 0 Å². The minimum atomic E-state index is 0.814. The molecule has 2 heterocycles. The molecule has 0 saturated carbocycles. The molecule has 0 unspecified atom stereocenters. The van der Waals surface area contributed by atoms with Gasteiger partial charge in [-0.2, -0.15) is 0 Å². The molecule has 0 N–H and O–H groups in total. The smallest absolute Gasteiger partial charge is 0.0957 e. The summed E-state index contributed by atoms with van der Waals surface area (Å²) in [6.07, 6.45) is 9.01. The molecule has 26 heavy (non-hydrogen) atoms. The number of aryl methyl sites for hydroxylation is 1. The highest BCUT2D eigenvalue weighted by atomic mass is 15.2. The summed E-state index contributed by atoms with van der Waals surface area (Å²) in [7, 11) is 4.15. The van der Waals surface area contributed by atoms with Crippen LogP contribution in [0.25, 0.3) is 5.70 Å². The fraction of sp³-hybridized carbons (Fsp3) is 0.364. The second kappa shape index (κ2) is 7.73. The van der Waals surface area contributed by atoms with E-state index in [9.17, 15) is 0 Å². The van der Waals surface area contributed by atoms with Gasteiger partial charge in [-0.05, 0) is 43.9 Å². The number of aliphatic imine (C=N–C) groups is 2. The van der Waals surface area contributed by atoms with E-state index >= 15 is 0 Å². The Hall–Kier alpha value is -2.62. The van der Waals surface area contributed by atoms with E-state index in [1.54, 1.807) is 0 Å². The third-order valence-corrected chi connectivity index (χ3v) is 4.87. The van der Waals surface area contributed by atoms with Crippen LogP contribution < -0.4 is 4.90 Å². The molecule has 0 aliphatic carbocycles. The van der Waals surface area contributed by atoms with Crippen LogP contribution in [0.5, 0.6) is 0 Å². The standard InChI is InChI=1S/C22H28N4/c1-16-8-6-10-20(25(4)5)21(16)22-17(2)14-26(15-24-22)18(3)11-12-19-9-7-13-23-19/h6,8,10,12-13,15H,3,7,9,11,14H2,1-2,4-5H3/b19-12+. The number of hydrogen-bond acceptors (Lipinski definition) is 4. The van der Waals surface area contributed by atoms with Gasteiger partial charge in [0, 0.05) is 55.9 Å². The molecule has 0 amide bonds. The van der Waals surface area contributed by atoms with E-state index < -0.39 is 0 Å². The van der Waals surface area contributed by atoms with Crippen LogP contribution in [-0.2, 0) is 0 Å². The molecule has 0 aromatic heterocycles. The maximum atomic E-state index is 4.81. The van der Waals surface area contributed by atoms with Crippen LogP contribution in [0.4, 0.5) is 5.69 Å². The second-order valence-electron chi connectivity index (χ2n) is 7.18. The fourth-order valence-corrected chi connectivity index (χ4v) is 3.38. The molecule has 0 fully saturated rings. The van der Waals surface area contributed by atoms with E-state index in [1.165, 1.54) is 28.1 Å². The van der Waals surface area contributed by atoms with Gasteiger partial charge in [0.15, 0.2) is 0 Å². The lowest BCUT2D eigenvalue weighted by Gasteiger charge is -2.28. The van der Waals surface area contributed by atoms with Crippen molar-refractivity contribution in [3.8, 4) is 0 Å². The van der Waals surface area contributed by atoms with Crippen LogP contribution in [0.3, 0.4) is 0 Å². The summed E-state index contributed by atoms with van der Waals surface area (Å²) in [5.74, 6) is 0. The van der Waals surface area contributed by atoms with Gasteiger partial charge < -0.3 is 9.80 Å². The topological polar surface area (TPSA) is 31.2 Å². The largest absolute Gasteiger partial charge is 0.377 e. The van der Waals surface area contributed by atoms with Gasteiger partial charge in [0.25, 0.3) is 0 Å². The number of hydrogen-bond donors (Lipinski definition) is 0.